The van der Waals surface area contributed by atoms with Crippen LogP contribution in [0.1, 0.15) is 51.7 Å². The first-order valence-electron chi connectivity index (χ1n) is 5.78. The lowest BCUT2D eigenvalue weighted by Crippen LogP contribution is -2.23. The Labute approximate surface area is 111 Å². The number of fused-ring (bicyclic) bond motifs is 1. The first-order chi connectivity index (χ1) is 6.70. The summed E-state index contributed by atoms with van der Waals surface area (Å²) in [7, 11) is 0. The maximum Gasteiger partial charge on any atom is -0.0101 e. The van der Waals surface area contributed by atoms with Gasteiger partial charge in [0, 0.05) is 0 Å². The molecule has 0 N–H and O–H groups in total. The Morgan fingerprint density at radius 2 is 1.67 bits per heavy atom. The minimum Gasteiger partial charge on any atom is -0.107 e. The van der Waals surface area contributed by atoms with Crippen LogP contribution >= 0.6 is 24.0 Å². The number of hydrogen-bond acceptors (Lipinski definition) is 0. The van der Waals surface area contributed by atoms with Gasteiger partial charge in [-0.25, -0.2) is 0 Å². The average Bonchev–Trinajstić information content (AvgIpc) is 2.21. The zero-order chi connectivity index (χ0) is 10.6. The molecule has 0 saturated carbocycles. The molecule has 0 radical (unpaired) electrons. The molecule has 1 aliphatic carbocycles. The summed E-state index contributed by atoms with van der Waals surface area (Å²) in [5.74, 6) is 0. The van der Waals surface area contributed by atoms with E-state index in [0.29, 0.717) is 5.41 Å². The van der Waals surface area contributed by atoms with Gasteiger partial charge in [0.2, 0.25) is 0 Å². The standard InChI is InChI=1S/C12H16.C2H6.HI/c1-12(2)9-5-7-10-6-3-4-8-11(10)12;1-2;/h3-4,6,8H,5,7,9H2,1-2H3;1-2H3;1H. The number of hydrogen-bond donors (Lipinski definition) is 0. The van der Waals surface area contributed by atoms with Crippen LogP contribution in [0.3, 0.4) is 0 Å². The summed E-state index contributed by atoms with van der Waals surface area (Å²) < 4.78 is 0. The Bertz CT molecular complexity index is 289. The fourth-order valence-electron chi connectivity index (χ4n) is 2.25. The highest BCUT2D eigenvalue weighted by molar-refractivity contribution is 14.0. The van der Waals surface area contributed by atoms with Crippen LogP contribution in [-0.2, 0) is 11.8 Å². The van der Waals surface area contributed by atoms with Crippen molar-refractivity contribution in [1.82, 2.24) is 0 Å². The van der Waals surface area contributed by atoms with Crippen molar-refractivity contribution >= 4 is 24.0 Å². The minimum atomic E-state index is 0. The van der Waals surface area contributed by atoms with Crippen molar-refractivity contribution in [2.24, 2.45) is 0 Å². The first kappa shape index (κ1) is 14.9. The minimum absolute atomic E-state index is 0. The molecule has 0 unspecified atom stereocenters. The molecule has 0 aromatic heterocycles. The Hall–Kier alpha value is -0.0500. The van der Waals surface area contributed by atoms with Gasteiger partial charge in [-0.05, 0) is 35.8 Å². The lowest BCUT2D eigenvalue weighted by atomic mass is 9.73. The van der Waals surface area contributed by atoms with Gasteiger partial charge in [0.25, 0.3) is 0 Å². The van der Waals surface area contributed by atoms with Gasteiger partial charge in [0.15, 0.2) is 0 Å². The van der Waals surface area contributed by atoms with Crippen molar-refractivity contribution in [3.63, 3.8) is 0 Å². The Morgan fingerprint density at radius 1 is 1.07 bits per heavy atom. The summed E-state index contributed by atoms with van der Waals surface area (Å²) in [6, 6.07) is 8.87. The number of aryl methyl sites for hydroxylation is 1. The van der Waals surface area contributed by atoms with Crippen molar-refractivity contribution < 1.29 is 0 Å². The van der Waals surface area contributed by atoms with Gasteiger partial charge in [-0.15, -0.1) is 24.0 Å². The van der Waals surface area contributed by atoms with Gasteiger partial charge in [0.05, 0.1) is 0 Å². The van der Waals surface area contributed by atoms with Gasteiger partial charge >= 0.3 is 0 Å². The Balaban J connectivity index is 0.000000617. The van der Waals surface area contributed by atoms with Crippen LogP contribution in [0.5, 0.6) is 0 Å². The molecule has 0 amide bonds. The second-order valence-corrected chi connectivity index (χ2v) is 4.39. The molecule has 0 fully saturated rings. The quantitative estimate of drug-likeness (QED) is 0.594. The fraction of sp³-hybridized carbons (Fsp3) is 0.571. The molecule has 1 aromatic rings. The highest BCUT2D eigenvalue weighted by Gasteiger charge is 2.26. The summed E-state index contributed by atoms with van der Waals surface area (Å²) in [5, 5.41) is 0. The zero-order valence-electron chi connectivity index (χ0n) is 10.3. The average molecular weight is 318 g/mol. The predicted molar refractivity (Wildman–Crippen MR) is 79.2 cm³/mol. The topological polar surface area (TPSA) is 0 Å². The smallest absolute Gasteiger partial charge is 0.0101 e. The van der Waals surface area contributed by atoms with Crippen molar-refractivity contribution in [2.75, 3.05) is 0 Å². The third kappa shape index (κ3) is 3.47. The third-order valence-electron chi connectivity index (χ3n) is 2.99. The molecule has 1 aromatic carbocycles. The molecule has 1 heteroatoms. The molecule has 0 spiro atoms. The summed E-state index contributed by atoms with van der Waals surface area (Å²) in [6.07, 6.45) is 3.97. The highest BCUT2D eigenvalue weighted by atomic mass is 127. The zero-order valence-corrected chi connectivity index (χ0v) is 12.7. The van der Waals surface area contributed by atoms with Crippen molar-refractivity contribution in [1.29, 1.82) is 0 Å². The van der Waals surface area contributed by atoms with Gasteiger partial charge in [-0.3, -0.25) is 0 Å². The lowest BCUT2D eigenvalue weighted by Gasteiger charge is -2.32. The summed E-state index contributed by atoms with van der Waals surface area (Å²) in [4.78, 5) is 0. The maximum atomic E-state index is 2.35. The summed E-state index contributed by atoms with van der Waals surface area (Å²) in [5.41, 5.74) is 3.54. The normalized spacial score (nSPS) is 16.5. The van der Waals surface area contributed by atoms with Crippen LogP contribution in [0, 0.1) is 0 Å². The van der Waals surface area contributed by atoms with E-state index in [1.54, 1.807) is 11.1 Å². The Kier molecular flexibility index (Phi) is 6.49. The number of benzene rings is 1. The molecule has 0 heterocycles. The second kappa shape index (κ2) is 6.51. The SMILES string of the molecule is CC.CC1(C)CCCc2ccccc21.I. The first-order valence-corrected chi connectivity index (χ1v) is 5.78. The molecular weight excluding hydrogens is 295 g/mol. The third-order valence-corrected chi connectivity index (χ3v) is 2.99. The van der Waals surface area contributed by atoms with E-state index in [1.807, 2.05) is 13.8 Å². The largest absolute Gasteiger partial charge is 0.107 e. The maximum absolute atomic E-state index is 2.35. The molecule has 15 heavy (non-hydrogen) atoms. The second-order valence-electron chi connectivity index (χ2n) is 4.39. The van der Waals surface area contributed by atoms with Crippen molar-refractivity contribution in [2.45, 2.75) is 52.4 Å². The summed E-state index contributed by atoms with van der Waals surface area (Å²) >= 11 is 0. The number of halogens is 1. The van der Waals surface area contributed by atoms with Gasteiger partial charge in [0.1, 0.15) is 0 Å². The molecule has 1 aliphatic rings. The van der Waals surface area contributed by atoms with Crippen molar-refractivity contribution in [3.8, 4) is 0 Å². The van der Waals surface area contributed by atoms with E-state index in [1.165, 1.54) is 19.3 Å². The van der Waals surface area contributed by atoms with E-state index in [2.05, 4.69) is 38.1 Å². The van der Waals surface area contributed by atoms with E-state index in [9.17, 15) is 0 Å². The van der Waals surface area contributed by atoms with E-state index in [0.717, 1.165) is 0 Å². The number of rotatable bonds is 0. The predicted octanol–water partition coefficient (Wildman–Crippen LogP) is 4.94. The van der Waals surface area contributed by atoms with Gasteiger partial charge in [-0.2, -0.15) is 0 Å². The van der Waals surface area contributed by atoms with Crippen LogP contribution in [0.15, 0.2) is 24.3 Å². The fourth-order valence-corrected chi connectivity index (χ4v) is 2.25. The van der Waals surface area contributed by atoms with Gasteiger partial charge < -0.3 is 0 Å². The summed E-state index contributed by atoms with van der Waals surface area (Å²) in [6.45, 7) is 8.70. The molecule has 0 bridgehead atoms. The van der Waals surface area contributed by atoms with E-state index < -0.39 is 0 Å². The van der Waals surface area contributed by atoms with Crippen LogP contribution < -0.4 is 0 Å². The monoisotopic (exact) mass is 318 g/mol. The molecule has 0 saturated heterocycles. The highest BCUT2D eigenvalue weighted by Crippen LogP contribution is 2.36. The van der Waals surface area contributed by atoms with E-state index in [-0.39, 0.29) is 24.0 Å². The van der Waals surface area contributed by atoms with Crippen molar-refractivity contribution in [3.05, 3.63) is 35.4 Å². The lowest BCUT2D eigenvalue weighted by molar-refractivity contribution is 0.432. The molecule has 0 atom stereocenters. The molecule has 2 rings (SSSR count). The van der Waals surface area contributed by atoms with Crippen LogP contribution in [0.25, 0.3) is 0 Å². The molecule has 0 nitrogen and oxygen atoms in total. The van der Waals surface area contributed by atoms with E-state index >= 15 is 0 Å². The van der Waals surface area contributed by atoms with Crippen LogP contribution in [0.4, 0.5) is 0 Å². The molecule has 0 aliphatic heterocycles. The van der Waals surface area contributed by atoms with E-state index in [4.69, 9.17) is 0 Å². The van der Waals surface area contributed by atoms with Gasteiger partial charge in [-0.1, -0.05) is 52.0 Å². The molecule has 86 valence electrons. The Morgan fingerprint density at radius 3 is 2.27 bits per heavy atom. The van der Waals surface area contributed by atoms with Crippen LogP contribution in [0.2, 0.25) is 0 Å². The van der Waals surface area contributed by atoms with Crippen LogP contribution in [-0.4, -0.2) is 0 Å². The molecular formula is C14H23I.